The van der Waals surface area contributed by atoms with Crippen LogP contribution < -0.4 is 10.1 Å². The monoisotopic (exact) mass is 283 g/mol. The average molecular weight is 283 g/mol. The zero-order chi connectivity index (χ0) is 13.7. The van der Waals surface area contributed by atoms with E-state index in [0.29, 0.717) is 12.3 Å². The summed E-state index contributed by atoms with van der Waals surface area (Å²) in [6, 6.07) is 8.04. The maximum absolute atomic E-state index is 11.3. The van der Waals surface area contributed by atoms with Gasteiger partial charge in [-0.05, 0) is 30.5 Å². The van der Waals surface area contributed by atoms with Gasteiger partial charge < -0.3 is 10.1 Å². The molecule has 19 heavy (non-hydrogen) atoms. The van der Waals surface area contributed by atoms with Gasteiger partial charge in [-0.1, -0.05) is 19.1 Å². The van der Waals surface area contributed by atoms with Crippen molar-refractivity contribution in [3.05, 3.63) is 29.8 Å². The van der Waals surface area contributed by atoms with E-state index in [9.17, 15) is 8.42 Å². The topological polar surface area (TPSA) is 55.4 Å². The molecule has 1 aromatic rings. The molecule has 0 bridgehead atoms. The van der Waals surface area contributed by atoms with E-state index in [1.807, 2.05) is 24.3 Å². The molecule has 1 atom stereocenters. The maximum Gasteiger partial charge on any atom is 0.151 e. The number of nitrogens with one attached hydrogen (secondary N) is 1. The Bertz CT molecular complexity index is 496. The Balaban J connectivity index is 1.80. The van der Waals surface area contributed by atoms with Crippen LogP contribution in [0.2, 0.25) is 0 Å². The van der Waals surface area contributed by atoms with Crippen molar-refractivity contribution in [3.63, 3.8) is 0 Å². The molecular formula is C14H21NO3S. The van der Waals surface area contributed by atoms with Gasteiger partial charge in [-0.3, -0.25) is 0 Å². The first-order valence-corrected chi connectivity index (χ1v) is 8.57. The molecule has 106 valence electrons. The summed E-state index contributed by atoms with van der Waals surface area (Å²) in [7, 11) is -2.80. The van der Waals surface area contributed by atoms with Gasteiger partial charge in [-0.25, -0.2) is 8.42 Å². The molecule has 0 aliphatic carbocycles. The summed E-state index contributed by atoms with van der Waals surface area (Å²) in [6.45, 7) is 3.51. The van der Waals surface area contributed by atoms with E-state index in [-0.39, 0.29) is 11.8 Å². The van der Waals surface area contributed by atoms with Gasteiger partial charge in [-0.2, -0.15) is 0 Å². The summed E-state index contributed by atoms with van der Waals surface area (Å²) in [4.78, 5) is 0. The van der Waals surface area contributed by atoms with E-state index in [1.165, 1.54) is 0 Å². The molecule has 0 spiro atoms. The van der Waals surface area contributed by atoms with Crippen LogP contribution in [0.3, 0.4) is 0 Å². The van der Waals surface area contributed by atoms with Crippen molar-refractivity contribution in [1.82, 2.24) is 5.32 Å². The van der Waals surface area contributed by atoms with Gasteiger partial charge in [0.25, 0.3) is 0 Å². The molecular weight excluding hydrogens is 262 g/mol. The fourth-order valence-electron chi connectivity index (χ4n) is 2.14. The van der Waals surface area contributed by atoms with Crippen molar-refractivity contribution < 1.29 is 13.2 Å². The van der Waals surface area contributed by atoms with Crippen LogP contribution in [-0.2, 0) is 16.4 Å². The predicted octanol–water partition coefficient (Wildman–Crippen LogP) is 1.75. The molecule has 5 heteroatoms. The largest absolute Gasteiger partial charge is 0.494 e. The van der Waals surface area contributed by atoms with Crippen molar-refractivity contribution in [2.24, 2.45) is 0 Å². The van der Waals surface area contributed by atoms with Crippen LogP contribution in [0.15, 0.2) is 24.3 Å². The minimum absolute atomic E-state index is 0.0982. The second-order valence-corrected chi connectivity index (χ2v) is 7.20. The van der Waals surface area contributed by atoms with E-state index in [2.05, 4.69) is 12.2 Å². The van der Waals surface area contributed by atoms with Crippen molar-refractivity contribution in [3.8, 4) is 5.75 Å². The molecule has 1 aromatic carbocycles. The summed E-state index contributed by atoms with van der Waals surface area (Å²) in [5.74, 6) is 1.47. The Morgan fingerprint density at radius 1 is 1.32 bits per heavy atom. The lowest BCUT2D eigenvalue weighted by molar-refractivity contribution is 0.317. The Morgan fingerprint density at radius 3 is 2.63 bits per heavy atom. The molecule has 4 nitrogen and oxygen atoms in total. The minimum Gasteiger partial charge on any atom is -0.494 e. The standard InChI is InChI=1S/C14H21NO3S/c1-2-8-18-14-5-3-12(4-6-14)10-15-13-7-9-19(16,17)11-13/h3-6,13,15H,2,7-11H2,1H3/t13-/m0/s1. The van der Waals surface area contributed by atoms with Crippen molar-refractivity contribution in [1.29, 1.82) is 0 Å². The smallest absolute Gasteiger partial charge is 0.151 e. The molecule has 0 amide bonds. The third-order valence-electron chi connectivity index (χ3n) is 3.22. The fraction of sp³-hybridized carbons (Fsp3) is 0.571. The van der Waals surface area contributed by atoms with Crippen LogP contribution in [0.5, 0.6) is 5.75 Å². The van der Waals surface area contributed by atoms with E-state index >= 15 is 0 Å². The highest BCUT2D eigenvalue weighted by Crippen LogP contribution is 2.14. The summed E-state index contributed by atoms with van der Waals surface area (Å²) >= 11 is 0. The van der Waals surface area contributed by atoms with Crippen molar-refractivity contribution >= 4 is 9.84 Å². The molecule has 1 saturated heterocycles. The van der Waals surface area contributed by atoms with Gasteiger partial charge in [0.05, 0.1) is 18.1 Å². The van der Waals surface area contributed by atoms with Crippen LogP contribution in [0.1, 0.15) is 25.3 Å². The van der Waals surface area contributed by atoms with Crippen LogP contribution in [0.4, 0.5) is 0 Å². The van der Waals surface area contributed by atoms with E-state index in [0.717, 1.165) is 30.8 Å². The van der Waals surface area contributed by atoms with Crippen LogP contribution in [-0.4, -0.2) is 32.6 Å². The third kappa shape index (κ3) is 4.51. The molecule has 1 heterocycles. The summed E-state index contributed by atoms with van der Waals surface area (Å²) in [5, 5.41) is 3.30. The van der Waals surface area contributed by atoms with Gasteiger partial charge in [0, 0.05) is 12.6 Å². The molecule has 2 rings (SSSR count). The highest BCUT2D eigenvalue weighted by molar-refractivity contribution is 7.91. The molecule has 1 aliphatic heterocycles. The van der Waals surface area contributed by atoms with Gasteiger partial charge in [0.15, 0.2) is 9.84 Å². The zero-order valence-corrected chi connectivity index (χ0v) is 12.1. The summed E-state index contributed by atoms with van der Waals surface area (Å²) in [6.07, 6.45) is 1.72. The lowest BCUT2D eigenvalue weighted by atomic mass is 10.2. The first-order chi connectivity index (χ1) is 9.09. The van der Waals surface area contributed by atoms with Gasteiger partial charge in [-0.15, -0.1) is 0 Å². The molecule has 0 unspecified atom stereocenters. The molecule has 0 aromatic heterocycles. The first-order valence-electron chi connectivity index (χ1n) is 6.74. The van der Waals surface area contributed by atoms with E-state index in [4.69, 9.17) is 4.74 Å². The van der Waals surface area contributed by atoms with Gasteiger partial charge in [0.1, 0.15) is 5.75 Å². The highest BCUT2D eigenvalue weighted by atomic mass is 32.2. The lowest BCUT2D eigenvalue weighted by Crippen LogP contribution is -2.29. The van der Waals surface area contributed by atoms with Gasteiger partial charge >= 0.3 is 0 Å². The SMILES string of the molecule is CCCOc1ccc(CN[C@H]2CCS(=O)(=O)C2)cc1. The second-order valence-electron chi connectivity index (χ2n) is 4.97. The lowest BCUT2D eigenvalue weighted by Gasteiger charge is -2.11. The Hall–Kier alpha value is -1.07. The molecule has 0 saturated carbocycles. The molecule has 1 aliphatic rings. The second kappa shape index (κ2) is 6.39. The van der Waals surface area contributed by atoms with Crippen molar-refractivity contribution in [2.45, 2.75) is 32.4 Å². The summed E-state index contributed by atoms with van der Waals surface area (Å²) < 4.78 is 28.2. The minimum atomic E-state index is -2.80. The number of hydrogen-bond donors (Lipinski definition) is 1. The molecule has 0 radical (unpaired) electrons. The number of benzene rings is 1. The Morgan fingerprint density at radius 2 is 2.05 bits per heavy atom. The van der Waals surface area contributed by atoms with Crippen LogP contribution in [0.25, 0.3) is 0 Å². The summed E-state index contributed by atoms with van der Waals surface area (Å²) in [5.41, 5.74) is 1.15. The highest BCUT2D eigenvalue weighted by Gasteiger charge is 2.27. The Kier molecular flexibility index (Phi) is 4.82. The number of sulfone groups is 1. The Labute approximate surface area is 115 Å². The predicted molar refractivity (Wildman–Crippen MR) is 76.1 cm³/mol. The molecule has 1 fully saturated rings. The fourth-order valence-corrected chi connectivity index (χ4v) is 3.85. The number of rotatable bonds is 6. The van der Waals surface area contributed by atoms with Crippen LogP contribution in [0, 0.1) is 0 Å². The van der Waals surface area contributed by atoms with E-state index < -0.39 is 9.84 Å². The van der Waals surface area contributed by atoms with Crippen LogP contribution >= 0.6 is 0 Å². The number of hydrogen-bond acceptors (Lipinski definition) is 4. The quantitative estimate of drug-likeness (QED) is 0.864. The maximum atomic E-state index is 11.3. The zero-order valence-electron chi connectivity index (χ0n) is 11.3. The third-order valence-corrected chi connectivity index (χ3v) is 4.99. The molecule has 1 N–H and O–H groups in total. The average Bonchev–Trinajstić information content (AvgIpc) is 2.75. The van der Waals surface area contributed by atoms with E-state index in [1.54, 1.807) is 0 Å². The normalized spacial score (nSPS) is 21.4. The van der Waals surface area contributed by atoms with Crippen molar-refractivity contribution in [2.75, 3.05) is 18.1 Å². The first kappa shape index (κ1) is 14.3. The number of ether oxygens (including phenoxy) is 1. The van der Waals surface area contributed by atoms with Gasteiger partial charge in [0.2, 0.25) is 0 Å².